The highest BCUT2D eigenvalue weighted by Gasteiger charge is 2.21. The number of rotatable bonds is 0. The van der Waals surface area contributed by atoms with Crippen LogP contribution in [0.5, 0.6) is 0 Å². The van der Waals surface area contributed by atoms with Gasteiger partial charge in [0.05, 0.1) is 10.8 Å². The molecule has 1 N–H and O–H groups in total. The average molecular weight is 293 g/mol. The molecule has 0 unspecified atom stereocenters. The minimum Gasteiger partial charge on any atom is -0.422 e. The molecule has 0 aliphatic rings. The lowest BCUT2D eigenvalue weighted by Gasteiger charge is -2.05. The van der Waals surface area contributed by atoms with Gasteiger partial charge in [-0.05, 0) is 37.1 Å². The zero-order valence-corrected chi connectivity index (χ0v) is 12.1. The van der Waals surface area contributed by atoms with E-state index in [-0.39, 0.29) is 5.63 Å². The first kappa shape index (κ1) is 12.8. The van der Waals surface area contributed by atoms with Gasteiger partial charge in [0, 0.05) is 11.5 Å². The molecule has 0 aliphatic heterocycles. The first-order valence-corrected chi connectivity index (χ1v) is 6.98. The number of aryl methyl sites for hydroxylation is 2. The second kappa shape index (κ2) is 4.31. The van der Waals surface area contributed by atoms with E-state index in [4.69, 9.17) is 8.83 Å². The van der Waals surface area contributed by atoms with E-state index in [1.807, 2.05) is 26.0 Å². The van der Waals surface area contributed by atoms with Crippen LogP contribution in [0.4, 0.5) is 0 Å². The van der Waals surface area contributed by atoms with E-state index in [0.717, 1.165) is 11.1 Å². The third-order valence-electron chi connectivity index (χ3n) is 3.93. The van der Waals surface area contributed by atoms with Gasteiger partial charge in [0.2, 0.25) is 0 Å². The molecule has 0 aliphatic carbocycles. The van der Waals surface area contributed by atoms with Gasteiger partial charge in [-0.25, -0.2) is 4.79 Å². The summed E-state index contributed by atoms with van der Waals surface area (Å²) in [4.78, 5) is 22.8. The normalized spacial score (nSPS) is 11.5. The number of fused-ring (bicyclic) bond motifs is 5. The van der Waals surface area contributed by atoms with E-state index in [1.165, 1.54) is 0 Å². The maximum Gasteiger partial charge on any atom is 0.525 e. The molecule has 0 amide bonds. The monoisotopic (exact) mass is 293 g/mol. The molecule has 4 aromatic rings. The predicted molar refractivity (Wildman–Crippen MR) is 84.3 cm³/mol. The molecule has 0 saturated carbocycles. The summed E-state index contributed by atoms with van der Waals surface area (Å²) < 4.78 is 11.0. The molecule has 22 heavy (non-hydrogen) atoms. The third-order valence-corrected chi connectivity index (χ3v) is 3.93. The van der Waals surface area contributed by atoms with Crippen molar-refractivity contribution >= 4 is 32.7 Å². The van der Waals surface area contributed by atoms with Crippen molar-refractivity contribution in [3.8, 4) is 0 Å². The molecule has 108 valence electrons. The van der Waals surface area contributed by atoms with Crippen molar-refractivity contribution < 1.29 is 13.6 Å². The highest BCUT2D eigenvalue weighted by Crippen LogP contribution is 2.28. The molecule has 4 rings (SSSR count). The topological polar surface area (TPSA) is 64.8 Å². The fourth-order valence-corrected chi connectivity index (χ4v) is 3.08. The lowest BCUT2D eigenvalue weighted by Crippen LogP contribution is -2.11. The lowest BCUT2D eigenvalue weighted by molar-refractivity contribution is 0.400. The second-order valence-corrected chi connectivity index (χ2v) is 5.50. The Morgan fingerprint density at radius 3 is 2.50 bits per heavy atom. The summed E-state index contributed by atoms with van der Waals surface area (Å²) in [6.07, 6.45) is 0. The van der Waals surface area contributed by atoms with Crippen molar-refractivity contribution in [2.75, 3.05) is 0 Å². The second-order valence-electron chi connectivity index (χ2n) is 5.50. The van der Waals surface area contributed by atoms with Gasteiger partial charge in [-0.3, -0.25) is 4.42 Å². The van der Waals surface area contributed by atoms with E-state index in [9.17, 15) is 9.59 Å². The maximum absolute atomic E-state index is 12.5. The minimum atomic E-state index is -0.477. The number of hydrogen-bond acceptors (Lipinski definition) is 3. The van der Waals surface area contributed by atoms with E-state index < -0.39 is 5.63 Å². The molecule has 0 spiro atoms. The molecular formula is C18H13O4+. The molecule has 0 atom stereocenters. The smallest absolute Gasteiger partial charge is 0.422 e. The number of para-hydroxylation sites is 1. The molecule has 4 nitrogen and oxygen atoms in total. The largest absolute Gasteiger partial charge is 0.525 e. The third kappa shape index (κ3) is 1.64. The van der Waals surface area contributed by atoms with E-state index >= 15 is 0 Å². The molecule has 0 radical (unpaired) electrons. The molecule has 2 aromatic carbocycles. The highest BCUT2D eigenvalue weighted by atomic mass is 16.4. The Labute approximate surface area is 124 Å². The van der Waals surface area contributed by atoms with Gasteiger partial charge in [0.25, 0.3) is 5.58 Å². The van der Waals surface area contributed by atoms with Crippen molar-refractivity contribution in [2.45, 2.75) is 13.8 Å². The van der Waals surface area contributed by atoms with Crippen LogP contribution in [0.3, 0.4) is 0 Å². The van der Waals surface area contributed by atoms with Crippen molar-refractivity contribution in [2.24, 2.45) is 0 Å². The minimum absolute atomic E-state index is 0.265. The van der Waals surface area contributed by atoms with E-state index in [0.29, 0.717) is 32.7 Å². The Bertz CT molecular complexity index is 1180. The van der Waals surface area contributed by atoms with Crippen LogP contribution in [-0.2, 0) is 0 Å². The summed E-state index contributed by atoms with van der Waals surface area (Å²) in [7, 11) is 0. The van der Waals surface area contributed by atoms with Crippen LogP contribution in [0.2, 0.25) is 0 Å². The van der Waals surface area contributed by atoms with Crippen molar-refractivity contribution in [3.63, 3.8) is 0 Å². The maximum atomic E-state index is 12.5. The summed E-state index contributed by atoms with van der Waals surface area (Å²) in [5.74, 6) is 0. The summed E-state index contributed by atoms with van der Waals surface area (Å²) in [5, 5.41) is 2.08. The standard InChI is InChI=1S/C18H12O4/c1-9-7-10(2)14-13(8-9)22-17(19)15-11-5-3-4-6-12(11)21-18(20)16(14)15/h3-8H,1-2H3/p+1. The lowest BCUT2D eigenvalue weighted by atomic mass is 10.0. The Balaban J connectivity index is 2.46. The number of hydrogen-bond donors (Lipinski definition) is 0. The van der Waals surface area contributed by atoms with Crippen LogP contribution in [-0.4, -0.2) is 4.79 Å². The molecule has 0 saturated heterocycles. The first-order chi connectivity index (χ1) is 10.6. The average Bonchev–Trinajstić information content (AvgIpc) is 2.46. The fraction of sp³-hybridized carbons (Fsp3) is 0.111. The predicted octanol–water partition coefficient (Wildman–Crippen LogP) is 3.31. The van der Waals surface area contributed by atoms with E-state index in [1.54, 1.807) is 24.3 Å². The van der Waals surface area contributed by atoms with Gasteiger partial charge < -0.3 is 9.21 Å². The molecular weight excluding hydrogens is 280 g/mol. The Kier molecular flexibility index (Phi) is 2.51. The van der Waals surface area contributed by atoms with Crippen molar-refractivity contribution in [1.29, 1.82) is 0 Å². The zero-order valence-electron chi connectivity index (χ0n) is 12.1. The SMILES string of the molecule is Cc1cc(C)c2c(c1)oc(=O)c1c3ccccc3oc(=[OH+])c21. The van der Waals surface area contributed by atoms with Crippen molar-refractivity contribution in [3.05, 3.63) is 63.6 Å². The number of benzene rings is 2. The van der Waals surface area contributed by atoms with Gasteiger partial charge in [0.15, 0.2) is 0 Å². The highest BCUT2D eigenvalue weighted by molar-refractivity contribution is 6.13. The van der Waals surface area contributed by atoms with Crippen LogP contribution < -0.4 is 11.3 Å². The van der Waals surface area contributed by atoms with Crippen LogP contribution in [0, 0.1) is 13.8 Å². The quantitative estimate of drug-likeness (QED) is 0.284. The van der Waals surface area contributed by atoms with Gasteiger partial charge >= 0.3 is 11.3 Å². The summed E-state index contributed by atoms with van der Waals surface area (Å²) in [5.41, 5.74) is 2.07. The van der Waals surface area contributed by atoms with Crippen molar-refractivity contribution in [1.82, 2.24) is 0 Å². The van der Waals surface area contributed by atoms with Gasteiger partial charge in [-0.2, -0.15) is 0 Å². The Hall–Kier alpha value is -2.88. The zero-order chi connectivity index (χ0) is 15.4. The molecule has 2 aromatic heterocycles. The molecule has 0 bridgehead atoms. The Morgan fingerprint density at radius 2 is 1.68 bits per heavy atom. The fourth-order valence-electron chi connectivity index (χ4n) is 3.08. The van der Waals surface area contributed by atoms with Crippen LogP contribution >= 0.6 is 0 Å². The molecule has 4 heteroatoms. The van der Waals surface area contributed by atoms with Crippen LogP contribution in [0.1, 0.15) is 11.1 Å². The summed E-state index contributed by atoms with van der Waals surface area (Å²) in [6, 6.07) is 10.9. The summed E-state index contributed by atoms with van der Waals surface area (Å²) in [6.45, 7) is 3.85. The summed E-state index contributed by atoms with van der Waals surface area (Å²) >= 11 is 0. The van der Waals surface area contributed by atoms with E-state index in [2.05, 4.69) is 0 Å². The first-order valence-electron chi connectivity index (χ1n) is 6.98. The van der Waals surface area contributed by atoms with Crippen LogP contribution in [0.15, 0.2) is 50.0 Å². The molecule has 0 fully saturated rings. The molecule has 2 heterocycles. The van der Waals surface area contributed by atoms with Crippen LogP contribution in [0.25, 0.3) is 32.7 Å². The van der Waals surface area contributed by atoms with Gasteiger partial charge in [0.1, 0.15) is 11.0 Å². The Morgan fingerprint density at radius 1 is 0.909 bits per heavy atom. The van der Waals surface area contributed by atoms with Gasteiger partial charge in [-0.1, -0.05) is 18.2 Å². The van der Waals surface area contributed by atoms with Gasteiger partial charge in [-0.15, -0.1) is 0 Å².